The highest BCUT2D eigenvalue weighted by molar-refractivity contribution is 6.09. The van der Waals surface area contributed by atoms with Crippen molar-refractivity contribution in [3.63, 3.8) is 0 Å². The minimum absolute atomic E-state index is 0.609. The van der Waals surface area contributed by atoms with Crippen molar-refractivity contribution in [2.24, 2.45) is 0 Å². The van der Waals surface area contributed by atoms with Crippen LogP contribution in [0.2, 0.25) is 0 Å². The molecule has 0 fully saturated rings. The van der Waals surface area contributed by atoms with Crippen molar-refractivity contribution in [3.8, 4) is 39.9 Å². The third-order valence-corrected chi connectivity index (χ3v) is 9.36. The van der Waals surface area contributed by atoms with E-state index in [2.05, 4.69) is 133 Å². The molecule has 0 amide bonds. The number of benzene rings is 6. The Kier molecular flexibility index (Phi) is 5.99. The Bertz CT molecular complexity index is 2850. The molecule has 6 heteroatoms. The SMILES string of the molecule is Cc1ccc(-c2nc(-c3ccc4ccccc4c3)nc(-c3ccc4oc5cc(-n6c7ccccc7c7cccnc76)ccc5c4c3)n2)cc1. The molecular weight excluding hydrogens is 603 g/mol. The maximum absolute atomic E-state index is 6.46. The third kappa shape index (κ3) is 4.49. The van der Waals surface area contributed by atoms with E-state index in [1.54, 1.807) is 0 Å². The van der Waals surface area contributed by atoms with Crippen LogP contribution in [-0.4, -0.2) is 24.5 Å². The molecule has 0 bridgehead atoms. The van der Waals surface area contributed by atoms with E-state index < -0.39 is 0 Å². The van der Waals surface area contributed by atoms with Gasteiger partial charge in [0.05, 0.1) is 11.2 Å². The number of fused-ring (bicyclic) bond motifs is 7. The summed E-state index contributed by atoms with van der Waals surface area (Å²) >= 11 is 0. The number of para-hydroxylation sites is 1. The van der Waals surface area contributed by atoms with Gasteiger partial charge < -0.3 is 4.42 Å². The molecule has 10 rings (SSSR count). The molecule has 0 aliphatic heterocycles. The number of hydrogen-bond donors (Lipinski definition) is 0. The van der Waals surface area contributed by atoms with Crippen molar-refractivity contribution in [1.82, 2.24) is 24.5 Å². The molecular formula is C43H27N5O. The molecule has 0 atom stereocenters. The van der Waals surface area contributed by atoms with E-state index in [1.807, 2.05) is 24.4 Å². The first-order valence-corrected chi connectivity index (χ1v) is 16.3. The van der Waals surface area contributed by atoms with Crippen LogP contribution in [0.4, 0.5) is 0 Å². The van der Waals surface area contributed by atoms with Gasteiger partial charge in [-0.1, -0.05) is 84.4 Å². The Morgan fingerprint density at radius 1 is 0.490 bits per heavy atom. The Morgan fingerprint density at radius 2 is 1.18 bits per heavy atom. The van der Waals surface area contributed by atoms with Gasteiger partial charge in [-0.05, 0) is 72.3 Å². The first-order chi connectivity index (χ1) is 24.2. The quantitative estimate of drug-likeness (QED) is 0.194. The Balaban J connectivity index is 1.12. The van der Waals surface area contributed by atoms with Crippen molar-refractivity contribution >= 4 is 54.6 Å². The van der Waals surface area contributed by atoms with Crippen LogP contribution in [0.1, 0.15) is 5.56 Å². The second kappa shape index (κ2) is 10.7. The Morgan fingerprint density at radius 3 is 2.04 bits per heavy atom. The fraction of sp³-hybridized carbons (Fsp3) is 0.0233. The summed E-state index contributed by atoms with van der Waals surface area (Å²) in [6.45, 7) is 2.08. The first kappa shape index (κ1) is 27.5. The molecule has 0 spiro atoms. The summed E-state index contributed by atoms with van der Waals surface area (Å²) in [7, 11) is 0. The van der Waals surface area contributed by atoms with E-state index in [4.69, 9.17) is 24.4 Å². The number of aryl methyl sites for hydroxylation is 1. The number of hydrogen-bond acceptors (Lipinski definition) is 5. The topological polar surface area (TPSA) is 69.6 Å². The summed E-state index contributed by atoms with van der Waals surface area (Å²) in [5.74, 6) is 1.88. The molecule has 6 aromatic carbocycles. The minimum Gasteiger partial charge on any atom is -0.456 e. The van der Waals surface area contributed by atoms with Crippen molar-refractivity contribution in [2.75, 3.05) is 0 Å². The summed E-state index contributed by atoms with van der Waals surface area (Å²) in [6.07, 6.45) is 1.84. The van der Waals surface area contributed by atoms with Gasteiger partial charge in [-0.25, -0.2) is 19.9 Å². The number of nitrogens with zero attached hydrogens (tertiary/aromatic N) is 5. The van der Waals surface area contributed by atoms with E-state index >= 15 is 0 Å². The van der Waals surface area contributed by atoms with E-state index in [-0.39, 0.29) is 0 Å². The molecule has 0 radical (unpaired) electrons. The van der Waals surface area contributed by atoms with Gasteiger partial charge in [0.1, 0.15) is 16.8 Å². The number of pyridine rings is 1. The van der Waals surface area contributed by atoms with Crippen LogP contribution in [0, 0.1) is 6.92 Å². The highest BCUT2D eigenvalue weighted by atomic mass is 16.3. The molecule has 4 aromatic heterocycles. The summed E-state index contributed by atoms with van der Waals surface area (Å²) in [6, 6.07) is 48.0. The molecule has 230 valence electrons. The van der Waals surface area contributed by atoms with E-state index in [1.165, 1.54) is 16.3 Å². The van der Waals surface area contributed by atoms with Crippen molar-refractivity contribution in [2.45, 2.75) is 6.92 Å². The maximum atomic E-state index is 6.46. The summed E-state index contributed by atoms with van der Waals surface area (Å²) < 4.78 is 8.66. The summed E-state index contributed by atoms with van der Waals surface area (Å²) in [5.41, 5.74) is 8.59. The van der Waals surface area contributed by atoms with Crippen molar-refractivity contribution < 1.29 is 4.42 Å². The molecule has 10 aromatic rings. The van der Waals surface area contributed by atoms with Gasteiger partial charge in [-0.15, -0.1) is 0 Å². The van der Waals surface area contributed by atoms with E-state index in [0.29, 0.717) is 17.5 Å². The van der Waals surface area contributed by atoms with Crippen LogP contribution in [-0.2, 0) is 0 Å². The highest BCUT2D eigenvalue weighted by Gasteiger charge is 2.17. The highest BCUT2D eigenvalue weighted by Crippen LogP contribution is 2.36. The number of rotatable bonds is 4. The normalized spacial score (nSPS) is 11.8. The molecule has 0 saturated heterocycles. The first-order valence-electron chi connectivity index (χ1n) is 16.3. The van der Waals surface area contributed by atoms with Gasteiger partial charge in [-0.2, -0.15) is 0 Å². The van der Waals surface area contributed by atoms with Crippen LogP contribution in [0.25, 0.3) is 94.5 Å². The van der Waals surface area contributed by atoms with Crippen molar-refractivity contribution in [3.05, 3.63) is 151 Å². The summed E-state index contributed by atoms with van der Waals surface area (Å²) in [4.78, 5) is 19.8. The lowest BCUT2D eigenvalue weighted by atomic mass is 10.1. The van der Waals surface area contributed by atoms with Gasteiger partial charge in [0.15, 0.2) is 17.5 Å². The minimum atomic E-state index is 0.609. The van der Waals surface area contributed by atoms with Gasteiger partial charge in [-0.3, -0.25) is 4.57 Å². The molecule has 4 heterocycles. The maximum Gasteiger partial charge on any atom is 0.164 e. The second-order valence-corrected chi connectivity index (χ2v) is 12.5. The molecule has 0 unspecified atom stereocenters. The molecule has 0 N–H and O–H groups in total. The van der Waals surface area contributed by atoms with E-state index in [9.17, 15) is 0 Å². The average molecular weight is 630 g/mol. The third-order valence-electron chi connectivity index (χ3n) is 9.36. The average Bonchev–Trinajstić information content (AvgIpc) is 3.69. The fourth-order valence-electron chi connectivity index (χ4n) is 6.90. The van der Waals surface area contributed by atoms with Crippen molar-refractivity contribution in [1.29, 1.82) is 0 Å². The predicted molar refractivity (Wildman–Crippen MR) is 198 cm³/mol. The Labute approximate surface area is 281 Å². The fourth-order valence-corrected chi connectivity index (χ4v) is 6.90. The lowest BCUT2D eigenvalue weighted by Gasteiger charge is -2.09. The van der Waals surface area contributed by atoms with Gasteiger partial charge in [0.25, 0.3) is 0 Å². The lowest BCUT2D eigenvalue weighted by Crippen LogP contribution is -2.00. The molecule has 6 nitrogen and oxygen atoms in total. The largest absolute Gasteiger partial charge is 0.456 e. The monoisotopic (exact) mass is 629 g/mol. The van der Waals surface area contributed by atoms with E-state index in [0.717, 1.165) is 66.3 Å². The summed E-state index contributed by atoms with van der Waals surface area (Å²) in [5, 5.41) is 6.64. The Hall–Kier alpha value is -6.66. The zero-order chi connectivity index (χ0) is 32.5. The van der Waals surface area contributed by atoms with Gasteiger partial charge in [0, 0.05) is 50.5 Å². The smallest absolute Gasteiger partial charge is 0.164 e. The standard InChI is InChI=1S/C43H27N5O/c1-26-12-14-28(15-13-26)40-45-41(30-17-16-27-7-2-3-8-29(27)23-30)47-42(46-40)31-18-21-38-36(24-31)34-20-19-32(25-39(34)49-38)48-37-11-5-4-9-33(37)35-10-6-22-44-43(35)48/h2-25H,1H3. The van der Waals surface area contributed by atoms with Gasteiger partial charge in [0.2, 0.25) is 0 Å². The number of furan rings is 1. The predicted octanol–water partition coefficient (Wildman–Crippen LogP) is 10.7. The second-order valence-electron chi connectivity index (χ2n) is 12.5. The van der Waals surface area contributed by atoms with Crippen LogP contribution >= 0.6 is 0 Å². The molecule has 49 heavy (non-hydrogen) atoms. The molecule has 0 saturated carbocycles. The van der Waals surface area contributed by atoms with Crippen LogP contribution in [0.3, 0.4) is 0 Å². The lowest BCUT2D eigenvalue weighted by molar-refractivity contribution is 0.668. The van der Waals surface area contributed by atoms with Crippen LogP contribution in [0.5, 0.6) is 0 Å². The van der Waals surface area contributed by atoms with Gasteiger partial charge >= 0.3 is 0 Å². The zero-order valence-corrected chi connectivity index (χ0v) is 26.5. The number of aromatic nitrogens is 5. The molecule has 0 aliphatic carbocycles. The van der Waals surface area contributed by atoms with Crippen LogP contribution < -0.4 is 0 Å². The van der Waals surface area contributed by atoms with Crippen LogP contribution in [0.15, 0.2) is 150 Å². The molecule has 0 aliphatic rings. The zero-order valence-electron chi connectivity index (χ0n) is 26.5.